The van der Waals surface area contributed by atoms with Gasteiger partial charge < -0.3 is 15.4 Å². The maximum Gasteiger partial charge on any atom is 0.257 e. The Kier molecular flexibility index (Phi) is 10.0. The molecule has 1 rings (SSSR count). The molecule has 0 heterocycles. The maximum absolute atomic E-state index is 11.4. The molecule has 1 aromatic carbocycles. The summed E-state index contributed by atoms with van der Waals surface area (Å²) in [7, 11) is 1.88. The van der Waals surface area contributed by atoms with Gasteiger partial charge in [0.15, 0.2) is 6.61 Å². The van der Waals surface area contributed by atoms with Crippen LogP contribution >= 0.6 is 39.9 Å². The molecule has 0 atom stereocenters. The highest BCUT2D eigenvalue weighted by molar-refractivity contribution is 9.10. The van der Waals surface area contributed by atoms with Crippen molar-refractivity contribution in [2.75, 3.05) is 26.7 Å². The van der Waals surface area contributed by atoms with E-state index in [1.54, 1.807) is 12.1 Å². The summed E-state index contributed by atoms with van der Waals surface area (Å²) < 4.78 is 6.20. The first-order valence-electron chi connectivity index (χ1n) is 5.62. The Morgan fingerprint density at radius 3 is 2.79 bits per heavy atom. The Bertz CT molecular complexity index is 405. The molecule has 0 spiro atoms. The van der Waals surface area contributed by atoms with Crippen molar-refractivity contribution in [2.24, 2.45) is 0 Å². The zero-order valence-electron chi connectivity index (χ0n) is 10.5. The summed E-state index contributed by atoms with van der Waals surface area (Å²) in [5.41, 5.74) is 0. The Balaban J connectivity index is 0.00000324. The van der Waals surface area contributed by atoms with Crippen molar-refractivity contribution in [2.45, 2.75) is 6.42 Å². The van der Waals surface area contributed by atoms with Crippen molar-refractivity contribution < 1.29 is 9.53 Å². The lowest BCUT2D eigenvalue weighted by Gasteiger charge is -2.08. The Hall–Kier alpha value is -0.490. The topological polar surface area (TPSA) is 50.4 Å². The second kappa shape index (κ2) is 10.3. The Morgan fingerprint density at radius 2 is 2.16 bits per heavy atom. The van der Waals surface area contributed by atoms with Crippen molar-refractivity contribution in [3.8, 4) is 5.75 Å². The van der Waals surface area contributed by atoms with Gasteiger partial charge in [0.25, 0.3) is 5.91 Å². The summed E-state index contributed by atoms with van der Waals surface area (Å²) in [5.74, 6) is 0.357. The van der Waals surface area contributed by atoms with E-state index in [0.29, 0.717) is 17.3 Å². The van der Waals surface area contributed by atoms with E-state index in [1.165, 1.54) is 0 Å². The van der Waals surface area contributed by atoms with E-state index >= 15 is 0 Å². The number of carbonyl (C=O) groups is 1. The first kappa shape index (κ1) is 18.5. The molecule has 0 unspecified atom stereocenters. The van der Waals surface area contributed by atoms with E-state index < -0.39 is 0 Å². The number of halogens is 3. The third-order valence-electron chi connectivity index (χ3n) is 2.18. The molecule has 0 saturated heterocycles. The van der Waals surface area contributed by atoms with Crippen LogP contribution in [0.2, 0.25) is 5.02 Å². The number of nitrogens with one attached hydrogen (secondary N) is 2. The predicted molar refractivity (Wildman–Crippen MR) is 83.4 cm³/mol. The average Bonchev–Trinajstić information content (AvgIpc) is 2.33. The van der Waals surface area contributed by atoms with Crippen molar-refractivity contribution in [1.29, 1.82) is 0 Å². The minimum absolute atomic E-state index is 0. The van der Waals surface area contributed by atoms with Gasteiger partial charge in [-0.15, -0.1) is 12.4 Å². The van der Waals surface area contributed by atoms with Crippen molar-refractivity contribution in [1.82, 2.24) is 10.6 Å². The zero-order valence-corrected chi connectivity index (χ0v) is 13.7. The molecule has 0 radical (unpaired) electrons. The minimum Gasteiger partial charge on any atom is -0.482 e. The van der Waals surface area contributed by atoms with Crippen LogP contribution in [0.3, 0.4) is 0 Å². The third kappa shape index (κ3) is 7.62. The number of benzene rings is 1. The fraction of sp³-hybridized carbons (Fsp3) is 0.417. The molecule has 0 aliphatic heterocycles. The lowest BCUT2D eigenvalue weighted by molar-refractivity contribution is -0.123. The highest BCUT2D eigenvalue weighted by Gasteiger charge is 2.05. The number of hydrogen-bond acceptors (Lipinski definition) is 3. The van der Waals surface area contributed by atoms with Crippen molar-refractivity contribution in [3.05, 3.63) is 27.7 Å². The minimum atomic E-state index is -0.148. The van der Waals surface area contributed by atoms with Gasteiger partial charge in [0.05, 0.1) is 5.02 Å². The summed E-state index contributed by atoms with van der Waals surface area (Å²) in [6.45, 7) is 1.48. The van der Waals surface area contributed by atoms with Crippen LogP contribution in [0.15, 0.2) is 22.7 Å². The molecule has 0 fully saturated rings. The molecule has 108 valence electrons. The largest absolute Gasteiger partial charge is 0.482 e. The van der Waals surface area contributed by atoms with E-state index in [4.69, 9.17) is 16.3 Å². The van der Waals surface area contributed by atoms with Gasteiger partial charge in [-0.3, -0.25) is 4.79 Å². The van der Waals surface area contributed by atoms with Crippen LogP contribution in [0.1, 0.15) is 6.42 Å². The van der Waals surface area contributed by atoms with Crippen molar-refractivity contribution >= 4 is 45.8 Å². The molecule has 1 aromatic rings. The summed E-state index contributed by atoms with van der Waals surface area (Å²) in [6.07, 6.45) is 0.890. The Morgan fingerprint density at radius 1 is 1.42 bits per heavy atom. The zero-order chi connectivity index (χ0) is 13.4. The summed E-state index contributed by atoms with van der Waals surface area (Å²) in [5, 5.41) is 6.25. The predicted octanol–water partition coefficient (Wildman–Crippen LogP) is 2.63. The molecule has 2 N–H and O–H groups in total. The van der Waals surface area contributed by atoms with E-state index in [-0.39, 0.29) is 24.9 Å². The van der Waals surface area contributed by atoms with Crippen LogP contribution in [-0.4, -0.2) is 32.7 Å². The normalized spacial score (nSPS) is 9.63. The molecule has 0 saturated carbocycles. The summed E-state index contributed by atoms with van der Waals surface area (Å²) in [4.78, 5) is 11.4. The first-order chi connectivity index (χ1) is 8.63. The SMILES string of the molecule is CNCCCNC(=O)COc1ccc(Br)cc1Cl.Cl. The fourth-order valence-electron chi connectivity index (χ4n) is 1.28. The van der Waals surface area contributed by atoms with Gasteiger partial charge >= 0.3 is 0 Å². The highest BCUT2D eigenvalue weighted by Crippen LogP contribution is 2.27. The summed E-state index contributed by atoms with van der Waals surface area (Å²) in [6, 6.07) is 5.26. The summed E-state index contributed by atoms with van der Waals surface area (Å²) >= 11 is 9.26. The quantitative estimate of drug-likeness (QED) is 0.724. The molecule has 0 bridgehead atoms. The van der Waals surface area contributed by atoms with Gasteiger partial charge in [-0.1, -0.05) is 27.5 Å². The van der Waals surface area contributed by atoms with Crippen LogP contribution in [0.5, 0.6) is 5.75 Å². The molecular formula is C12H17BrCl2N2O2. The highest BCUT2D eigenvalue weighted by atomic mass is 79.9. The van der Waals surface area contributed by atoms with Crippen LogP contribution in [0.4, 0.5) is 0 Å². The van der Waals surface area contributed by atoms with Crippen LogP contribution in [0, 0.1) is 0 Å². The number of hydrogen-bond donors (Lipinski definition) is 2. The lowest BCUT2D eigenvalue weighted by atomic mass is 10.3. The molecule has 1 amide bonds. The second-order valence-corrected chi connectivity index (χ2v) is 4.99. The fourth-order valence-corrected chi connectivity index (χ4v) is 2.01. The van der Waals surface area contributed by atoms with E-state index in [1.807, 2.05) is 13.1 Å². The van der Waals surface area contributed by atoms with Crippen molar-refractivity contribution in [3.63, 3.8) is 0 Å². The van der Waals surface area contributed by atoms with E-state index in [9.17, 15) is 4.79 Å². The number of carbonyl (C=O) groups excluding carboxylic acids is 1. The van der Waals surface area contributed by atoms with E-state index in [2.05, 4.69) is 26.6 Å². The molecule has 0 aliphatic rings. The van der Waals surface area contributed by atoms with Crippen LogP contribution in [-0.2, 0) is 4.79 Å². The van der Waals surface area contributed by atoms with Crippen LogP contribution in [0.25, 0.3) is 0 Å². The van der Waals surface area contributed by atoms with Gasteiger partial charge in [0.1, 0.15) is 5.75 Å². The van der Waals surface area contributed by atoms with Gasteiger partial charge in [-0.2, -0.15) is 0 Å². The van der Waals surface area contributed by atoms with Gasteiger partial charge in [-0.25, -0.2) is 0 Å². The second-order valence-electron chi connectivity index (χ2n) is 3.67. The van der Waals surface area contributed by atoms with Gasteiger partial charge in [0, 0.05) is 11.0 Å². The molecule has 0 aromatic heterocycles. The molecule has 19 heavy (non-hydrogen) atoms. The first-order valence-corrected chi connectivity index (χ1v) is 6.79. The molecular weight excluding hydrogens is 355 g/mol. The molecule has 4 nitrogen and oxygen atoms in total. The van der Waals surface area contributed by atoms with Gasteiger partial charge in [0.2, 0.25) is 0 Å². The molecule has 7 heteroatoms. The number of amides is 1. The standard InChI is InChI=1S/C12H16BrClN2O2.ClH/c1-15-5-2-6-16-12(17)8-18-11-4-3-9(13)7-10(11)14;/h3-4,7,15H,2,5-6,8H2,1H3,(H,16,17);1H. The monoisotopic (exact) mass is 370 g/mol. The maximum atomic E-state index is 11.4. The molecule has 0 aliphatic carbocycles. The number of ether oxygens (including phenoxy) is 1. The number of rotatable bonds is 7. The third-order valence-corrected chi connectivity index (χ3v) is 2.97. The lowest BCUT2D eigenvalue weighted by Crippen LogP contribution is -2.31. The van der Waals surface area contributed by atoms with E-state index in [0.717, 1.165) is 17.4 Å². The Labute approximate surface area is 132 Å². The smallest absolute Gasteiger partial charge is 0.257 e. The van der Waals surface area contributed by atoms with Crippen LogP contribution < -0.4 is 15.4 Å². The average molecular weight is 372 g/mol. The van der Waals surface area contributed by atoms with Gasteiger partial charge in [-0.05, 0) is 38.2 Å².